The Morgan fingerprint density at radius 2 is 1.48 bits per heavy atom. The van der Waals surface area contributed by atoms with Crippen molar-refractivity contribution >= 4 is 23.2 Å². The number of phenolic OH excluding ortho intramolecular Hbond substituents is 1. The number of hydrogen-bond donors (Lipinski definition) is 1. The zero-order valence-corrected chi connectivity index (χ0v) is 21.7. The van der Waals surface area contributed by atoms with Gasteiger partial charge in [0.2, 0.25) is 0 Å². The molecule has 2 nitrogen and oxygen atoms in total. The van der Waals surface area contributed by atoms with Gasteiger partial charge in [-0.15, -0.1) is 0 Å². The Morgan fingerprint density at radius 1 is 0.903 bits per heavy atom. The molecule has 0 aliphatic heterocycles. The second kappa shape index (κ2) is 9.32. The number of aliphatic imine (C=N–C) groups is 1. The first kappa shape index (κ1) is 22.2. The molecule has 0 amide bonds. The van der Waals surface area contributed by atoms with Crippen molar-refractivity contribution in [3.8, 4) is 16.9 Å². The summed E-state index contributed by atoms with van der Waals surface area (Å²) in [5, 5.41) is 11.4. The van der Waals surface area contributed by atoms with Crippen LogP contribution in [0.3, 0.4) is 0 Å². The van der Waals surface area contributed by atoms with Crippen LogP contribution in [0.1, 0.15) is 62.5 Å². The van der Waals surface area contributed by atoms with E-state index in [0.29, 0.717) is 11.8 Å². The van der Waals surface area contributed by atoms with E-state index in [1.807, 2.05) is 6.21 Å². The summed E-state index contributed by atoms with van der Waals surface area (Å²) in [4.78, 5) is 4.70. The Balaban J connectivity index is 0.000000646. The van der Waals surface area contributed by atoms with Crippen molar-refractivity contribution in [1.82, 2.24) is 0 Å². The Kier molecular flexibility index (Phi) is 6.67. The number of halogens is 2. The summed E-state index contributed by atoms with van der Waals surface area (Å²) in [5.41, 5.74) is 4.77. The Bertz CT molecular complexity index is 922. The summed E-state index contributed by atoms with van der Waals surface area (Å²) in [6, 6.07) is 15.6. The number of hydrogen-bond acceptors (Lipinski definition) is 2. The summed E-state index contributed by atoms with van der Waals surface area (Å²) in [5.74, 6) is 3.12. The quantitative estimate of drug-likeness (QED) is 0.406. The van der Waals surface area contributed by atoms with Crippen LogP contribution in [-0.2, 0) is 26.3 Å². The predicted molar refractivity (Wildman–Crippen MR) is 126 cm³/mol. The van der Waals surface area contributed by atoms with Crippen LogP contribution in [0, 0.1) is 17.8 Å². The van der Waals surface area contributed by atoms with E-state index in [1.165, 1.54) is 68.1 Å². The van der Waals surface area contributed by atoms with E-state index in [1.54, 1.807) is 0 Å². The van der Waals surface area contributed by atoms with Crippen LogP contribution in [0.2, 0.25) is 0 Å². The van der Waals surface area contributed by atoms with E-state index < -0.39 is 20.8 Å². The second-order valence-electron chi connectivity index (χ2n) is 10.1. The van der Waals surface area contributed by atoms with Gasteiger partial charge in [-0.25, -0.2) is 0 Å². The SMILES string of the molecule is Oc1c(C=NC2CC2)cc(-c2ccccc2)cc1C12CC3CC(CC(C3)C1)C2.[Cl][Zr][Cl]. The summed E-state index contributed by atoms with van der Waals surface area (Å²) in [6.45, 7) is 0. The van der Waals surface area contributed by atoms with Gasteiger partial charge >= 0.3 is 37.9 Å². The molecule has 5 aliphatic carbocycles. The summed E-state index contributed by atoms with van der Waals surface area (Å²) in [7, 11) is 9.87. The molecular weight excluding hydrogens is 504 g/mol. The van der Waals surface area contributed by atoms with Crippen molar-refractivity contribution in [2.45, 2.75) is 62.8 Å². The van der Waals surface area contributed by atoms with E-state index in [2.05, 4.69) is 42.5 Å². The van der Waals surface area contributed by atoms with Crippen molar-refractivity contribution in [2.75, 3.05) is 0 Å². The van der Waals surface area contributed by atoms with Gasteiger partial charge in [-0.2, -0.15) is 0 Å². The fourth-order valence-electron chi connectivity index (χ4n) is 6.81. The van der Waals surface area contributed by atoms with Crippen LogP contribution in [0.25, 0.3) is 11.1 Å². The van der Waals surface area contributed by atoms with E-state index in [4.69, 9.17) is 22.0 Å². The van der Waals surface area contributed by atoms with Gasteiger partial charge in [0.15, 0.2) is 0 Å². The van der Waals surface area contributed by atoms with Gasteiger partial charge in [-0.1, -0.05) is 30.3 Å². The van der Waals surface area contributed by atoms with Crippen molar-refractivity contribution < 1.29 is 26.0 Å². The van der Waals surface area contributed by atoms with Crippen LogP contribution in [-0.4, -0.2) is 17.4 Å². The normalized spacial score (nSPS) is 30.8. The Morgan fingerprint density at radius 3 is 2.03 bits per heavy atom. The third-order valence-corrected chi connectivity index (χ3v) is 7.83. The standard InChI is InChI=1S/C26H29NO.2ClH.Zr/c28-25-22(16-27-23-6-7-23)11-21(20-4-2-1-3-5-20)12-24(25)26-13-17-8-18(14-26)10-19(9-17)15-26;;;/h1-5,11-12,16-19,23,28H,6-10,13-15H2;2*1H;/q;;;+2/p-2. The van der Waals surface area contributed by atoms with Crippen LogP contribution < -0.4 is 0 Å². The predicted octanol–water partition coefficient (Wildman–Crippen LogP) is 7.48. The third kappa shape index (κ3) is 4.71. The van der Waals surface area contributed by atoms with Gasteiger partial charge in [0.25, 0.3) is 0 Å². The van der Waals surface area contributed by atoms with Crippen LogP contribution in [0.5, 0.6) is 5.75 Å². The molecule has 2 aromatic rings. The third-order valence-electron chi connectivity index (χ3n) is 7.83. The van der Waals surface area contributed by atoms with Crippen LogP contribution in [0.4, 0.5) is 0 Å². The monoisotopic (exact) mass is 531 g/mol. The van der Waals surface area contributed by atoms with E-state index in [-0.39, 0.29) is 5.41 Å². The fraction of sp³-hybridized carbons (Fsp3) is 0.500. The van der Waals surface area contributed by atoms with Crippen molar-refractivity contribution in [1.29, 1.82) is 0 Å². The molecule has 1 N–H and O–H groups in total. The maximum atomic E-state index is 11.4. The molecule has 162 valence electrons. The molecule has 4 bridgehead atoms. The molecule has 5 fully saturated rings. The van der Waals surface area contributed by atoms with Crippen LogP contribution in [0.15, 0.2) is 47.5 Å². The molecule has 5 saturated carbocycles. The number of nitrogens with zero attached hydrogens (tertiary/aromatic N) is 1. The van der Waals surface area contributed by atoms with Gasteiger partial charge in [-0.3, -0.25) is 4.99 Å². The molecule has 5 aliphatic rings. The van der Waals surface area contributed by atoms with Crippen molar-refractivity contribution in [3.05, 3.63) is 53.6 Å². The molecule has 0 radical (unpaired) electrons. The van der Waals surface area contributed by atoms with Crippen LogP contribution >= 0.6 is 17.0 Å². The molecule has 0 saturated heterocycles. The molecular formula is C26H29Cl2NOZr. The van der Waals surface area contributed by atoms with Gasteiger partial charge < -0.3 is 5.11 Å². The molecule has 0 unspecified atom stereocenters. The first-order valence-electron chi connectivity index (χ1n) is 11.5. The van der Waals surface area contributed by atoms with Gasteiger partial charge in [0, 0.05) is 17.3 Å². The summed E-state index contributed by atoms with van der Waals surface area (Å²) < 4.78 is 0. The van der Waals surface area contributed by atoms with Crippen molar-refractivity contribution in [3.63, 3.8) is 0 Å². The molecule has 7 rings (SSSR count). The molecule has 5 heteroatoms. The number of rotatable bonds is 4. The van der Waals surface area contributed by atoms with E-state index in [0.717, 1.165) is 23.3 Å². The zero-order valence-electron chi connectivity index (χ0n) is 17.7. The van der Waals surface area contributed by atoms with E-state index >= 15 is 0 Å². The molecule has 0 heterocycles. The Labute approximate surface area is 204 Å². The average Bonchev–Trinajstić information content (AvgIpc) is 3.58. The first-order chi connectivity index (χ1) is 15.1. The molecule has 0 aromatic heterocycles. The Hall–Kier alpha value is -0.627. The maximum absolute atomic E-state index is 11.4. The number of phenols is 1. The minimum atomic E-state index is -0.826. The van der Waals surface area contributed by atoms with Gasteiger partial charge in [0.1, 0.15) is 5.75 Å². The second-order valence-corrected chi connectivity index (χ2v) is 13.8. The number of aromatic hydroxyl groups is 1. The topological polar surface area (TPSA) is 32.6 Å². The van der Waals surface area contributed by atoms with Crippen molar-refractivity contribution in [2.24, 2.45) is 22.7 Å². The molecule has 0 atom stereocenters. The van der Waals surface area contributed by atoms with Gasteiger partial charge in [-0.05, 0) is 97.8 Å². The zero-order chi connectivity index (χ0) is 21.4. The number of benzene rings is 2. The minimum absolute atomic E-state index is 0.186. The average molecular weight is 534 g/mol. The summed E-state index contributed by atoms with van der Waals surface area (Å²) in [6.07, 6.45) is 12.4. The first-order valence-corrected chi connectivity index (χ1v) is 17.9. The fourth-order valence-corrected chi connectivity index (χ4v) is 6.81. The molecule has 2 aromatic carbocycles. The molecule has 31 heavy (non-hydrogen) atoms. The van der Waals surface area contributed by atoms with Gasteiger partial charge in [0.05, 0.1) is 6.04 Å². The van der Waals surface area contributed by atoms with E-state index in [9.17, 15) is 5.11 Å². The molecule has 0 spiro atoms. The summed E-state index contributed by atoms with van der Waals surface area (Å²) >= 11 is -0.826.